The van der Waals surface area contributed by atoms with Crippen LogP contribution >= 0.6 is 0 Å². The molecule has 0 spiro atoms. The minimum atomic E-state index is 0.272. The Morgan fingerprint density at radius 3 is 2.53 bits per heavy atom. The number of rotatable bonds is 7. The third-order valence-electron chi connectivity index (χ3n) is 6.96. The zero-order chi connectivity index (χ0) is 22.2. The highest BCUT2D eigenvalue weighted by atomic mass is 16.5. The number of nitrogens with one attached hydrogen (secondary N) is 1. The third-order valence-corrected chi connectivity index (χ3v) is 6.96. The van der Waals surface area contributed by atoms with Crippen LogP contribution in [0.2, 0.25) is 0 Å². The number of piperazine rings is 1. The molecule has 0 unspecified atom stereocenters. The highest BCUT2D eigenvalue weighted by molar-refractivity contribution is 5.86. The number of H-pyrrole nitrogens is 1. The summed E-state index contributed by atoms with van der Waals surface area (Å²) < 4.78 is 16.6. The van der Waals surface area contributed by atoms with Gasteiger partial charge in [-0.15, -0.1) is 6.58 Å². The van der Waals surface area contributed by atoms with Gasteiger partial charge >= 0.3 is 0 Å². The summed E-state index contributed by atoms with van der Waals surface area (Å²) >= 11 is 0. The molecule has 3 aromatic rings. The van der Waals surface area contributed by atoms with E-state index < -0.39 is 0 Å². The summed E-state index contributed by atoms with van der Waals surface area (Å²) in [5.41, 5.74) is 5.11. The quantitative estimate of drug-likeness (QED) is 0.567. The van der Waals surface area contributed by atoms with Crippen molar-refractivity contribution in [1.82, 2.24) is 14.8 Å². The van der Waals surface area contributed by atoms with E-state index in [0.29, 0.717) is 6.04 Å². The Balaban J connectivity index is 1.55. The van der Waals surface area contributed by atoms with Gasteiger partial charge in [-0.3, -0.25) is 9.80 Å². The van der Waals surface area contributed by atoms with E-state index in [-0.39, 0.29) is 6.04 Å². The molecule has 168 valence electrons. The number of hydrogen-bond donors (Lipinski definition) is 1. The molecular formula is C26H31N3O3. The summed E-state index contributed by atoms with van der Waals surface area (Å²) in [5, 5.41) is 1.28. The Hall–Kier alpha value is -2.96. The van der Waals surface area contributed by atoms with Crippen LogP contribution in [0.5, 0.6) is 17.2 Å². The van der Waals surface area contributed by atoms with Crippen molar-refractivity contribution in [3.8, 4) is 17.2 Å². The predicted octanol–water partition coefficient (Wildman–Crippen LogP) is 4.16. The van der Waals surface area contributed by atoms with Gasteiger partial charge in [-0.05, 0) is 36.2 Å². The summed E-state index contributed by atoms with van der Waals surface area (Å²) in [6, 6.07) is 13.1. The lowest BCUT2D eigenvalue weighted by molar-refractivity contribution is 0.0361. The zero-order valence-corrected chi connectivity index (χ0v) is 19.1. The number of ether oxygens (including phenoxy) is 3. The molecular weight excluding hydrogens is 402 g/mol. The second-order valence-electron chi connectivity index (χ2n) is 8.65. The minimum Gasteiger partial charge on any atom is -0.497 e. The third kappa shape index (κ3) is 3.53. The number of aromatic nitrogens is 1. The molecule has 6 rings (SSSR count). The smallest absolute Gasteiger partial charge is 0.127 e. The fraction of sp³-hybridized carbons (Fsp3) is 0.385. The van der Waals surface area contributed by atoms with Gasteiger partial charge in [0.2, 0.25) is 0 Å². The molecule has 6 heteroatoms. The van der Waals surface area contributed by atoms with E-state index in [1.54, 1.807) is 21.3 Å². The standard InChI is InChI=1S/C26H31N3O3/c1-5-10-28-16-24-26-22(21-12-19(30-2)8-9-23(21)27-26)11-18(28)15-29(24)14-17-6-7-20(31-3)13-25(17)32-4/h5-9,12-13,18,24,27H,1,10-11,14-16H2,2-4H3/t18-,24+/m0/s1. The number of fused-ring (bicyclic) bond motifs is 3. The number of aromatic amines is 1. The molecule has 0 radical (unpaired) electrons. The molecule has 0 amide bonds. The first-order chi connectivity index (χ1) is 15.6. The molecule has 0 aliphatic carbocycles. The molecule has 2 aromatic carbocycles. The largest absolute Gasteiger partial charge is 0.497 e. The van der Waals surface area contributed by atoms with E-state index in [1.165, 1.54) is 27.7 Å². The molecule has 1 fully saturated rings. The van der Waals surface area contributed by atoms with Gasteiger partial charge in [-0.2, -0.15) is 0 Å². The molecule has 1 aromatic heterocycles. The minimum absolute atomic E-state index is 0.272. The fourth-order valence-electron chi connectivity index (χ4n) is 5.35. The van der Waals surface area contributed by atoms with Crippen LogP contribution in [0.25, 0.3) is 10.9 Å². The van der Waals surface area contributed by atoms with Crippen molar-refractivity contribution in [1.29, 1.82) is 0 Å². The van der Waals surface area contributed by atoms with Gasteiger partial charge in [0.15, 0.2) is 0 Å². The molecule has 1 saturated heterocycles. The van der Waals surface area contributed by atoms with Crippen molar-refractivity contribution in [2.75, 3.05) is 41.0 Å². The summed E-state index contributed by atoms with van der Waals surface area (Å²) in [5.74, 6) is 2.58. The Labute approximate surface area is 189 Å². The van der Waals surface area contributed by atoms with Crippen LogP contribution in [0.1, 0.15) is 22.9 Å². The maximum atomic E-state index is 5.69. The molecule has 2 bridgehead atoms. The van der Waals surface area contributed by atoms with Crippen molar-refractivity contribution >= 4 is 10.9 Å². The lowest BCUT2D eigenvalue weighted by atomic mass is 10.0. The van der Waals surface area contributed by atoms with Gasteiger partial charge in [0.25, 0.3) is 0 Å². The topological polar surface area (TPSA) is 50.0 Å². The summed E-state index contributed by atoms with van der Waals surface area (Å²) in [6.45, 7) is 7.71. The summed E-state index contributed by atoms with van der Waals surface area (Å²) in [4.78, 5) is 8.92. The second kappa shape index (κ2) is 8.52. The maximum Gasteiger partial charge on any atom is 0.127 e. The number of hydrogen-bond acceptors (Lipinski definition) is 5. The molecule has 6 nitrogen and oxygen atoms in total. The van der Waals surface area contributed by atoms with Crippen LogP contribution in [0.3, 0.4) is 0 Å². The van der Waals surface area contributed by atoms with Crippen LogP contribution in [-0.4, -0.2) is 61.8 Å². The Kier molecular flexibility index (Phi) is 5.57. The van der Waals surface area contributed by atoms with Crippen molar-refractivity contribution in [3.63, 3.8) is 0 Å². The molecule has 3 aliphatic heterocycles. The Morgan fingerprint density at radius 1 is 1.00 bits per heavy atom. The molecule has 1 N–H and O–H groups in total. The summed E-state index contributed by atoms with van der Waals surface area (Å²) in [6.07, 6.45) is 3.04. The van der Waals surface area contributed by atoms with Crippen LogP contribution in [0.15, 0.2) is 49.1 Å². The second-order valence-corrected chi connectivity index (χ2v) is 8.65. The lowest BCUT2D eigenvalue weighted by Crippen LogP contribution is -2.53. The van der Waals surface area contributed by atoms with Gasteiger partial charge in [0.05, 0.1) is 27.4 Å². The lowest BCUT2D eigenvalue weighted by Gasteiger charge is -2.43. The molecule has 0 saturated carbocycles. The normalized spacial score (nSPS) is 20.7. The van der Waals surface area contributed by atoms with Crippen molar-refractivity contribution in [2.24, 2.45) is 0 Å². The van der Waals surface area contributed by atoms with Gasteiger partial charge < -0.3 is 19.2 Å². The Morgan fingerprint density at radius 2 is 1.78 bits per heavy atom. The van der Waals surface area contributed by atoms with E-state index in [9.17, 15) is 0 Å². The Bertz CT molecular complexity index is 1140. The number of nitrogens with zero attached hydrogens (tertiary/aromatic N) is 2. The van der Waals surface area contributed by atoms with Gasteiger partial charge in [-0.25, -0.2) is 0 Å². The van der Waals surface area contributed by atoms with E-state index in [4.69, 9.17) is 14.2 Å². The van der Waals surface area contributed by atoms with E-state index in [0.717, 1.165) is 49.8 Å². The molecule has 4 heterocycles. The first kappa shape index (κ1) is 20.9. The summed E-state index contributed by atoms with van der Waals surface area (Å²) in [7, 11) is 5.14. The number of benzene rings is 2. The van der Waals surface area contributed by atoms with Crippen LogP contribution in [0.4, 0.5) is 0 Å². The van der Waals surface area contributed by atoms with Crippen molar-refractivity contribution in [2.45, 2.75) is 25.0 Å². The molecule has 2 atom stereocenters. The highest BCUT2D eigenvalue weighted by Gasteiger charge is 2.40. The van der Waals surface area contributed by atoms with Crippen molar-refractivity contribution < 1.29 is 14.2 Å². The van der Waals surface area contributed by atoms with E-state index in [2.05, 4.69) is 39.6 Å². The number of methoxy groups -OCH3 is 3. The predicted molar refractivity (Wildman–Crippen MR) is 127 cm³/mol. The first-order valence-electron chi connectivity index (χ1n) is 11.1. The molecule has 3 aliphatic rings. The maximum absolute atomic E-state index is 5.69. The van der Waals surface area contributed by atoms with E-state index >= 15 is 0 Å². The average molecular weight is 434 g/mol. The van der Waals surface area contributed by atoms with Gasteiger partial charge in [0, 0.05) is 60.4 Å². The SMILES string of the molecule is C=CCN1C[C@@H]2c3[nH]c4ccc(OC)cc4c3C[C@H]1CN2Cc1ccc(OC)cc1OC. The molecule has 32 heavy (non-hydrogen) atoms. The van der Waals surface area contributed by atoms with E-state index in [1.807, 2.05) is 24.3 Å². The van der Waals surface area contributed by atoms with Gasteiger partial charge in [0.1, 0.15) is 17.2 Å². The monoisotopic (exact) mass is 433 g/mol. The fourth-order valence-corrected chi connectivity index (χ4v) is 5.35. The van der Waals surface area contributed by atoms with Crippen LogP contribution < -0.4 is 14.2 Å². The first-order valence-corrected chi connectivity index (χ1v) is 11.1. The zero-order valence-electron chi connectivity index (χ0n) is 19.1. The average Bonchev–Trinajstić information content (AvgIpc) is 3.02. The van der Waals surface area contributed by atoms with Crippen LogP contribution in [-0.2, 0) is 13.0 Å². The van der Waals surface area contributed by atoms with Crippen molar-refractivity contribution in [3.05, 3.63) is 65.9 Å². The van der Waals surface area contributed by atoms with Gasteiger partial charge in [-0.1, -0.05) is 12.1 Å². The highest BCUT2D eigenvalue weighted by Crippen LogP contribution is 2.41. The van der Waals surface area contributed by atoms with Crippen LogP contribution in [0, 0.1) is 0 Å².